The van der Waals surface area contributed by atoms with Crippen molar-refractivity contribution in [2.45, 2.75) is 20.8 Å². The van der Waals surface area contributed by atoms with E-state index in [4.69, 9.17) is 11.6 Å². The van der Waals surface area contributed by atoms with Crippen LogP contribution in [0.3, 0.4) is 0 Å². The van der Waals surface area contributed by atoms with E-state index in [1.54, 1.807) is 29.6 Å². The first-order valence-electron chi connectivity index (χ1n) is 6.47. The van der Waals surface area contributed by atoms with Gasteiger partial charge in [0.25, 0.3) is 0 Å². The van der Waals surface area contributed by atoms with Crippen molar-refractivity contribution < 1.29 is 9.59 Å². The van der Waals surface area contributed by atoms with Gasteiger partial charge in [0.1, 0.15) is 0 Å². The summed E-state index contributed by atoms with van der Waals surface area (Å²) in [5, 5.41) is 6.88. The lowest BCUT2D eigenvalue weighted by Crippen LogP contribution is -2.28. The normalized spacial score (nSPS) is 11.2. The first kappa shape index (κ1) is 15.7. The summed E-state index contributed by atoms with van der Waals surface area (Å²) in [6, 6.07) is 6.65. The van der Waals surface area contributed by atoms with Crippen LogP contribution in [-0.4, -0.2) is 11.7 Å². The third kappa shape index (κ3) is 3.71. The zero-order valence-electron chi connectivity index (χ0n) is 12.1. The molecule has 0 aliphatic rings. The molecule has 0 aliphatic heterocycles. The third-order valence-corrected chi connectivity index (χ3v) is 3.86. The molecule has 2 rings (SSSR count). The van der Waals surface area contributed by atoms with E-state index >= 15 is 0 Å². The molecule has 21 heavy (non-hydrogen) atoms. The summed E-state index contributed by atoms with van der Waals surface area (Å²) in [7, 11) is 0. The van der Waals surface area contributed by atoms with Gasteiger partial charge in [0, 0.05) is 26.9 Å². The van der Waals surface area contributed by atoms with Gasteiger partial charge in [0.05, 0.1) is 5.69 Å². The van der Waals surface area contributed by atoms with Gasteiger partial charge in [-0.05, 0) is 29.6 Å². The monoisotopic (exact) mass is 321 g/mol. The molecule has 0 fully saturated rings. The van der Waals surface area contributed by atoms with Gasteiger partial charge in [0.15, 0.2) is 5.78 Å². The summed E-state index contributed by atoms with van der Waals surface area (Å²) in [5.74, 6) is -0.299. The first-order valence-corrected chi connectivity index (χ1v) is 7.79. The van der Waals surface area contributed by atoms with Crippen LogP contribution in [0.5, 0.6) is 0 Å². The number of carbonyl (C=O) groups is 2. The molecule has 0 saturated carbocycles. The molecule has 3 nitrogen and oxygen atoms in total. The second-order valence-electron chi connectivity index (χ2n) is 5.74. The fourth-order valence-electron chi connectivity index (χ4n) is 1.67. The highest BCUT2D eigenvalue weighted by atomic mass is 35.5. The molecule has 0 radical (unpaired) electrons. The Morgan fingerprint density at radius 2 is 1.90 bits per heavy atom. The maximum absolute atomic E-state index is 12.5. The largest absolute Gasteiger partial charge is 0.325 e. The van der Waals surface area contributed by atoms with Crippen molar-refractivity contribution in [1.82, 2.24) is 0 Å². The first-order chi connectivity index (χ1) is 9.79. The van der Waals surface area contributed by atoms with Gasteiger partial charge in [0.2, 0.25) is 5.91 Å². The number of hydrogen-bond acceptors (Lipinski definition) is 3. The van der Waals surface area contributed by atoms with Gasteiger partial charge in [-0.15, -0.1) is 0 Å². The number of rotatable bonds is 3. The Morgan fingerprint density at radius 1 is 1.19 bits per heavy atom. The van der Waals surface area contributed by atoms with Crippen LogP contribution in [-0.2, 0) is 4.79 Å². The van der Waals surface area contributed by atoms with Gasteiger partial charge in [-0.3, -0.25) is 9.59 Å². The van der Waals surface area contributed by atoms with Gasteiger partial charge in [-0.25, -0.2) is 0 Å². The number of hydrogen-bond donors (Lipinski definition) is 1. The Morgan fingerprint density at radius 3 is 2.48 bits per heavy atom. The van der Waals surface area contributed by atoms with Crippen molar-refractivity contribution >= 4 is 40.3 Å². The van der Waals surface area contributed by atoms with Crippen LogP contribution >= 0.6 is 22.9 Å². The summed E-state index contributed by atoms with van der Waals surface area (Å²) >= 11 is 7.44. The highest BCUT2D eigenvalue weighted by Gasteiger charge is 2.23. The van der Waals surface area contributed by atoms with E-state index in [0.29, 0.717) is 21.8 Å². The maximum Gasteiger partial charge on any atom is 0.229 e. The predicted molar refractivity (Wildman–Crippen MR) is 87.3 cm³/mol. The lowest BCUT2D eigenvalue weighted by atomic mass is 9.95. The molecular formula is C16H16ClNO2S. The minimum Gasteiger partial charge on any atom is -0.325 e. The van der Waals surface area contributed by atoms with Crippen LogP contribution < -0.4 is 5.32 Å². The summed E-state index contributed by atoms with van der Waals surface area (Å²) in [6.07, 6.45) is 0. The molecule has 0 saturated heterocycles. The van der Waals surface area contributed by atoms with E-state index < -0.39 is 5.41 Å². The van der Waals surface area contributed by atoms with Crippen molar-refractivity contribution in [2.75, 3.05) is 5.32 Å². The molecule has 1 amide bonds. The topological polar surface area (TPSA) is 46.2 Å². The molecule has 0 atom stereocenters. The van der Waals surface area contributed by atoms with E-state index in [-0.39, 0.29) is 11.7 Å². The van der Waals surface area contributed by atoms with Gasteiger partial charge in [-0.1, -0.05) is 32.4 Å². The minimum absolute atomic E-state index is 0.149. The van der Waals surface area contributed by atoms with E-state index in [1.165, 1.54) is 11.3 Å². The van der Waals surface area contributed by atoms with Crippen LogP contribution in [0.1, 0.15) is 36.7 Å². The van der Waals surface area contributed by atoms with Crippen molar-refractivity contribution in [3.8, 4) is 0 Å². The standard InChI is InChI=1S/C16H16ClNO2S/c1-16(2,3)15(20)18-13-5-4-11(17)8-12(13)14(19)10-6-7-21-9-10/h4-9H,1-3H3,(H,18,20). The van der Waals surface area contributed by atoms with Crippen molar-refractivity contribution in [3.63, 3.8) is 0 Å². The van der Waals surface area contributed by atoms with E-state index in [2.05, 4.69) is 5.32 Å². The number of thiophene rings is 1. The zero-order valence-corrected chi connectivity index (χ0v) is 13.6. The molecule has 0 aliphatic carbocycles. The molecule has 0 spiro atoms. The Balaban J connectivity index is 2.39. The minimum atomic E-state index is -0.539. The Bertz CT molecular complexity index is 672. The van der Waals surface area contributed by atoms with Crippen LogP contribution in [0.4, 0.5) is 5.69 Å². The molecule has 2 aromatic rings. The molecule has 1 heterocycles. The summed E-state index contributed by atoms with van der Waals surface area (Å²) in [5.41, 5.74) is 0.935. The number of benzene rings is 1. The summed E-state index contributed by atoms with van der Waals surface area (Å²) in [4.78, 5) is 24.6. The highest BCUT2D eigenvalue weighted by Crippen LogP contribution is 2.26. The quantitative estimate of drug-likeness (QED) is 0.839. The molecular weight excluding hydrogens is 306 g/mol. The predicted octanol–water partition coefficient (Wildman–Crippen LogP) is 4.62. The van der Waals surface area contributed by atoms with Crippen molar-refractivity contribution in [1.29, 1.82) is 0 Å². The molecule has 1 N–H and O–H groups in total. The van der Waals surface area contributed by atoms with Crippen molar-refractivity contribution in [2.24, 2.45) is 5.41 Å². The molecule has 0 bridgehead atoms. The molecule has 5 heteroatoms. The van der Waals surface area contributed by atoms with E-state index in [0.717, 1.165) is 0 Å². The highest BCUT2D eigenvalue weighted by molar-refractivity contribution is 7.08. The molecule has 1 aromatic heterocycles. The van der Waals surface area contributed by atoms with Crippen molar-refractivity contribution in [3.05, 3.63) is 51.2 Å². The van der Waals surface area contributed by atoms with Crippen LogP contribution in [0.15, 0.2) is 35.0 Å². The number of halogens is 1. The van der Waals surface area contributed by atoms with E-state index in [1.807, 2.05) is 26.2 Å². The van der Waals surface area contributed by atoms with Crippen LogP contribution in [0.25, 0.3) is 0 Å². The summed E-state index contributed by atoms with van der Waals surface area (Å²) < 4.78 is 0. The Hall–Kier alpha value is -1.65. The van der Waals surface area contributed by atoms with E-state index in [9.17, 15) is 9.59 Å². The molecule has 0 unspecified atom stereocenters. The maximum atomic E-state index is 12.5. The lowest BCUT2D eigenvalue weighted by Gasteiger charge is -2.19. The number of amides is 1. The number of anilines is 1. The fourth-order valence-corrected chi connectivity index (χ4v) is 2.48. The fraction of sp³-hybridized carbons (Fsp3) is 0.250. The Kier molecular flexibility index (Phi) is 4.49. The Labute approximate surface area is 132 Å². The van der Waals surface area contributed by atoms with Gasteiger partial charge >= 0.3 is 0 Å². The third-order valence-electron chi connectivity index (χ3n) is 2.94. The van der Waals surface area contributed by atoms with Crippen LogP contribution in [0.2, 0.25) is 5.02 Å². The molecule has 110 valence electrons. The second-order valence-corrected chi connectivity index (χ2v) is 6.95. The summed E-state index contributed by atoms with van der Waals surface area (Å²) in [6.45, 7) is 5.45. The zero-order chi connectivity index (χ0) is 15.6. The number of ketones is 1. The number of nitrogens with one attached hydrogen (secondary N) is 1. The number of carbonyl (C=O) groups excluding carboxylic acids is 2. The smallest absolute Gasteiger partial charge is 0.229 e. The van der Waals surface area contributed by atoms with Gasteiger partial charge in [-0.2, -0.15) is 11.3 Å². The SMILES string of the molecule is CC(C)(C)C(=O)Nc1ccc(Cl)cc1C(=O)c1ccsc1. The average Bonchev–Trinajstić information content (AvgIpc) is 2.92. The molecule has 1 aromatic carbocycles. The second kappa shape index (κ2) is 6.00. The van der Waals surface area contributed by atoms with Gasteiger partial charge < -0.3 is 5.32 Å². The average molecular weight is 322 g/mol. The van der Waals surface area contributed by atoms with Crippen LogP contribution in [0, 0.1) is 5.41 Å². The lowest BCUT2D eigenvalue weighted by molar-refractivity contribution is -0.123.